The summed E-state index contributed by atoms with van der Waals surface area (Å²) in [5.74, 6) is -0.954. The van der Waals surface area contributed by atoms with Crippen LogP contribution in [-0.2, 0) is 28.9 Å². The summed E-state index contributed by atoms with van der Waals surface area (Å²) < 4.78 is 6.05. The summed E-state index contributed by atoms with van der Waals surface area (Å²) >= 11 is 1.58. The average molecular weight is 397 g/mol. The van der Waals surface area contributed by atoms with E-state index in [9.17, 15) is 14.4 Å². The molecule has 0 saturated carbocycles. The van der Waals surface area contributed by atoms with E-state index >= 15 is 0 Å². The van der Waals surface area contributed by atoms with Gasteiger partial charge in [-0.3, -0.25) is 14.2 Å². The molecule has 0 spiro atoms. The van der Waals surface area contributed by atoms with Crippen LogP contribution in [-0.4, -0.2) is 28.5 Å². The van der Waals surface area contributed by atoms with Crippen molar-refractivity contribution in [2.45, 2.75) is 32.2 Å². The Morgan fingerprint density at radius 2 is 2.04 bits per heavy atom. The van der Waals surface area contributed by atoms with Crippen LogP contribution in [0.25, 0.3) is 10.2 Å². The van der Waals surface area contributed by atoms with Crippen molar-refractivity contribution in [2.24, 2.45) is 0 Å². The zero-order chi connectivity index (χ0) is 19.7. The molecule has 0 radical (unpaired) electrons. The number of methoxy groups -OCH3 is 1. The molecule has 3 aromatic rings. The Bertz CT molecular complexity index is 1130. The van der Waals surface area contributed by atoms with Gasteiger partial charge in [0.25, 0.3) is 5.56 Å². The lowest BCUT2D eigenvalue weighted by atomic mass is 9.97. The molecule has 1 amide bonds. The molecule has 0 saturated heterocycles. The first kappa shape index (κ1) is 18.4. The number of aryl methyl sites for hydroxylation is 2. The van der Waals surface area contributed by atoms with Gasteiger partial charge in [-0.05, 0) is 43.4 Å². The van der Waals surface area contributed by atoms with Gasteiger partial charge >= 0.3 is 5.97 Å². The number of carbonyl (C=O) groups excluding carboxylic acids is 2. The minimum atomic E-state index is -0.541. The van der Waals surface area contributed by atoms with Gasteiger partial charge in [0.05, 0.1) is 30.1 Å². The van der Waals surface area contributed by atoms with Gasteiger partial charge in [0.1, 0.15) is 11.4 Å². The lowest BCUT2D eigenvalue weighted by Crippen LogP contribution is -2.28. The summed E-state index contributed by atoms with van der Waals surface area (Å²) in [6.45, 7) is -0.179. The van der Waals surface area contributed by atoms with Crippen molar-refractivity contribution in [2.75, 3.05) is 12.4 Å². The van der Waals surface area contributed by atoms with Crippen molar-refractivity contribution in [3.8, 4) is 0 Å². The summed E-state index contributed by atoms with van der Waals surface area (Å²) in [5.41, 5.74) is 1.50. The van der Waals surface area contributed by atoms with Gasteiger partial charge in [-0.1, -0.05) is 12.1 Å². The van der Waals surface area contributed by atoms with E-state index in [-0.39, 0.29) is 17.7 Å². The Morgan fingerprint density at radius 3 is 2.86 bits per heavy atom. The van der Waals surface area contributed by atoms with E-state index in [0.29, 0.717) is 11.1 Å². The highest BCUT2D eigenvalue weighted by Gasteiger charge is 2.21. The van der Waals surface area contributed by atoms with Crippen LogP contribution in [0.4, 0.5) is 5.69 Å². The highest BCUT2D eigenvalue weighted by atomic mass is 32.1. The third-order valence-corrected chi connectivity index (χ3v) is 6.06. The molecule has 4 rings (SSSR count). The van der Waals surface area contributed by atoms with Crippen LogP contribution in [0.1, 0.15) is 33.6 Å². The fourth-order valence-corrected chi connectivity index (χ4v) is 4.74. The molecule has 0 fully saturated rings. The molecule has 1 N–H and O–H groups in total. The first-order valence-corrected chi connectivity index (χ1v) is 9.87. The SMILES string of the molecule is COC(=O)c1ccccc1NC(=O)Cn1cnc2sc3c(c2c1=O)CCCC3. The number of fused-ring (bicyclic) bond motifs is 3. The quantitative estimate of drug-likeness (QED) is 0.684. The summed E-state index contributed by atoms with van der Waals surface area (Å²) in [6.07, 6.45) is 5.49. The molecule has 0 aliphatic heterocycles. The van der Waals surface area contributed by atoms with Gasteiger partial charge in [0.2, 0.25) is 5.91 Å². The highest BCUT2D eigenvalue weighted by molar-refractivity contribution is 7.18. The molecule has 1 aliphatic rings. The van der Waals surface area contributed by atoms with Crippen molar-refractivity contribution in [1.29, 1.82) is 0 Å². The number of benzene rings is 1. The number of nitrogens with zero attached hydrogens (tertiary/aromatic N) is 2. The second-order valence-electron chi connectivity index (χ2n) is 6.65. The summed E-state index contributed by atoms with van der Waals surface area (Å²) in [7, 11) is 1.28. The monoisotopic (exact) mass is 397 g/mol. The predicted molar refractivity (Wildman–Crippen MR) is 107 cm³/mol. The number of hydrogen-bond donors (Lipinski definition) is 1. The third-order valence-electron chi connectivity index (χ3n) is 4.86. The number of rotatable bonds is 4. The molecule has 0 atom stereocenters. The number of ether oxygens (including phenoxy) is 1. The normalized spacial score (nSPS) is 13.2. The minimum absolute atomic E-state index is 0.179. The number of amides is 1. The van der Waals surface area contributed by atoms with E-state index in [0.717, 1.165) is 36.1 Å². The van der Waals surface area contributed by atoms with E-state index in [1.165, 1.54) is 22.9 Å². The van der Waals surface area contributed by atoms with Gasteiger partial charge in [-0.25, -0.2) is 9.78 Å². The van der Waals surface area contributed by atoms with Crippen molar-refractivity contribution in [1.82, 2.24) is 9.55 Å². The first-order valence-electron chi connectivity index (χ1n) is 9.05. The fraction of sp³-hybridized carbons (Fsp3) is 0.300. The van der Waals surface area contributed by atoms with Crippen LogP contribution in [0, 0.1) is 0 Å². The van der Waals surface area contributed by atoms with Crippen molar-refractivity contribution in [3.63, 3.8) is 0 Å². The van der Waals surface area contributed by atoms with Gasteiger partial charge in [-0.2, -0.15) is 0 Å². The van der Waals surface area contributed by atoms with Gasteiger partial charge in [0.15, 0.2) is 0 Å². The standard InChI is InChI=1S/C20H19N3O4S/c1-27-20(26)12-6-2-4-8-14(12)22-16(24)10-23-11-21-18-17(19(23)25)13-7-3-5-9-15(13)28-18/h2,4,6,8,11H,3,5,7,9-10H2,1H3,(H,22,24). The molecule has 1 aromatic carbocycles. The molecule has 2 heterocycles. The number of aromatic nitrogens is 2. The number of esters is 1. The van der Waals surface area contributed by atoms with E-state index in [1.807, 2.05) is 0 Å². The summed E-state index contributed by atoms with van der Waals surface area (Å²) in [6, 6.07) is 6.58. The molecule has 8 heteroatoms. The topological polar surface area (TPSA) is 90.3 Å². The van der Waals surface area contributed by atoms with Gasteiger partial charge < -0.3 is 10.1 Å². The largest absolute Gasteiger partial charge is 0.465 e. The van der Waals surface area contributed by atoms with Gasteiger partial charge in [-0.15, -0.1) is 11.3 Å². The molecular weight excluding hydrogens is 378 g/mol. The van der Waals surface area contributed by atoms with Crippen LogP contribution in [0.15, 0.2) is 35.4 Å². The van der Waals surface area contributed by atoms with Crippen LogP contribution in [0.3, 0.4) is 0 Å². The molecular formula is C20H19N3O4S. The Balaban J connectivity index is 1.61. The van der Waals surface area contributed by atoms with Gasteiger partial charge in [0, 0.05) is 4.88 Å². The Morgan fingerprint density at radius 1 is 1.25 bits per heavy atom. The summed E-state index contributed by atoms with van der Waals surface area (Å²) in [4.78, 5) is 43.7. The zero-order valence-electron chi connectivity index (χ0n) is 15.4. The maximum absolute atomic E-state index is 12.9. The average Bonchev–Trinajstić information content (AvgIpc) is 3.09. The Hall–Kier alpha value is -3.00. The minimum Gasteiger partial charge on any atom is -0.465 e. The molecule has 144 valence electrons. The van der Waals surface area contributed by atoms with E-state index in [2.05, 4.69) is 10.3 Å². The van der Waals surface area contributed by atoms with Crippen LogP contribution in [0.5, 0.6) is 0 Å². The second-order valence-corrected chi connectivity index (χ2v) is 7.74. The number of para-hydroxylation sites is 1. The van der Waals surface area contributed by atoms with E-state index < -0.39 is 11.9 Å². The number of anilines is 1. The Kier molecular flexibility index (Phi) is 4.95. The fourth-order valence-electron chi connectivity index (χ4n) is 3.52. The third kappa shape index (κ3) is 3.31. The molecule has 2 aromatic heterocycles. The van der Waals surface area contributed by atoms with Crippen molar-refractivity contribution in [3.05, 3.63) is 57.0 Å². The van der Waals surface area contributed by atoms with Crippen molar-refractivity contribution >= 4 is 39.1 Å². The molecule has 0 bridgehead atoms. The second kappa shape index (κ2) is 7.55. The maximum atomic E-state index is 12.9. The number of nitrogens with one attached hydrogen (secondary N) is 1. The number of hydrogen-bond acceptors (Lipinski definition) is 6. The molecule has 7 nitrogen and oxygen atoms in total. The number of thiophene rings is 1. The van der Waals surface area contributed by atoms with Crippen molar-refractivity contribution < 1.29 is 14.3 Å². The smallest absolute Gasteiger partial charge is 0.339 e. The van der Waals surface area contributed by atoms with E-state index in [1.54, 1.807) is 35.6 Å². The zero-order valence-corrected chi connectivity index (χ0v) is 16.2. The Labute approximate surface area is 165 Å². The number of carbonyl (C=O) groups is 2. The maximum Gasteiger partial charge on any atom is 0.339 e. The van der Waals surface area contributed by atoms with Crippen LogP contribution >= 0.6 is 11.3 Å². The lowest BCUT2D eigenvalue weighted by Gasteiger charge is -2.11. The highest BCUT2D eigenvalue weighted by Crippen LogP contribution is 2.33. The lowest BCUT2D eigenvalue weighted by molar-refractivity contribution is -0.116. The summed E-state index contributed by atoms with van der Waals surface area (Å²) in [5, 5.41) is 3.32. The molecule has 0 unspecified atom stereocenters. The molecule has 1 aliphatic carbocycles. The van der Waals surface area contributed by atoms with Crippen LogP contribution < -0.4 is 10.9 Å². The van der Waals surface area contributed by atoms with E-state index in [4.69, 9.17) is 4.74 Å². The molecule has 28 heavy (non-hydrogen) atoms. The predicted octanol–water partition coefficient (Wildman–Crippen LogP) is 2.76. The van der Waals surface area contributed by atoms with Crippen LogP contribution in [0.2, 0.25) is 0 Å². The first-order chi connectivity index (χ1) is 13.6.